The second kappa shape index (κ2) is 6.62. The number of benzene rings is 1. The summed E-state index contributed by atoms with van der Waals surface area (Å²) in [6.45, 7) is 0. The minimum Gasteiger partial charge on any atom is -0.353 e. The molecular weight excluding hydrogens is 275 g/mol. The number of Topliss-reactive ketones (excluding diaryl/α,β-unsaturated/α-hetero) is 1. The lowest BCUT2D eigenvalue weighted by molar-refractivity contribution is -0.126. The van der Waals surface area contributed by atoms with E-state index in [1.807, 2.05) is 30.3 Å². The van der Waals surface area contributed by atoms with Crippen LogP contribution in [0.2, 0.25) is 0 Å². The van der Waals surface area contributed by atoms with Gasteiger partial charge in [-0.3, -0.25) is 14.8 Å². The fourth-order valence-electron chi connectivity index (χ4n) is 1.79. The van der Waals surface area contributed by atoms with Crippen LogP contribution in [0.15, 0.2) is 48.3 Å². The van der Waals surface area contributed by atoms with Crippen molar-refractivity contribution >= 4 is 17.8 Å². The molecule has 0 saturated heterocycles. The highest BCUT2D eigenvalue weighted by atomic mass is 19.1. The summed E-state index contributed by atoms with van der Waals surface area (Å²) < 4.78 is 13.2. The molecule has 1 aromatic carbocycles. The lowest BCUT2D eigenvalue weighted by Gasteiger charge is -1.99. The van der Waals surface area contributed by atoms with Gasteiger partial charge in [0.15, 0.2) is 11.6 Å². The molecule has 21 heavy (non-hydrogen) atoms. The number of hydrogen-bond donors (Lipinski definition) is 3. The van der Waals surface area contributed by atoms with Crippen LogP contribution in [-0.2, 0) is 11.2 Å². The first-order valence-corrected chi connectivity index (χ1v) is 6.18. The molecular formula is C15H13FN2O3. The predicted molar refractivity (Wildman–Crippen MR) is 74.3 cm³/mol. The van der Waals surface area contributed by atoms with E-state index in [9.17, 15) is 14.0 Å². The number of ketones is 1. The maximum Gasteiger partial charge on any atom is 0.303 e. The van der Waals surface area contributed by atoms with Crippen molar-refractivity contribution in [2.45, 2.75) is 6.42 Å². The fourth-order valence-corrected chi connectivity index (χ4v) is 1.79. The summed E-state index contributed by atoms with van der Waals surface area (Å²) in [5.74, 6) is -2.56. The molecule has 1 aromatic heterocycles. The zero-order valence-electron chi connectivity index (χ0n) is 11.0. The molecule has 0 bridgehead atoms. The van der Waals surface area contributed by atoms with E-state index in [1.165, 1.54) is 17.6 Å². The quantitative estimate of drug-likeness (QED) is 0.341. The number of carbonyl (C=O) groups excluding carboxylic acids is 2. The average Bonchev–Trinajstić information content (AvgIpc) is 2.96. The van der Waals surface area contributed by atoms with Crippen LogP contribution < -0.4 is 5.48 Å². The van der Waals surface area contributed by atoms with Crippen LogP contribution >= 0.6 is 0 Å². The van der Waals surface area contributed by atoms with Crippen molar-refractivity contribution in [2.24, 2.45) is 0 Å². The van der Waals surface area contributed by atoms with E-state index < -0.39 is 11.7 Å². The van der Waals surface area contributed by atoms with Crippen molar-refractivity contribution < 1.29 is 19.2 Å². The zero-order chi connectivity index (χ0) is 15.2. The Hall–Kier alpha value is -2.73. The Balaban J connectivity index is 2.09. The highest BCUT2D eigenvalue weighted by Gasteiger charge is 2.11. The maximum atomic E-state index is 13.2. The predicted octanol–water partition coefficient (Wildman–Crippen LogP) is 2.26. The average molecular weight is 288 g/mol. The van der Waals surface area contributed by atoms with Gasteiger partial charge in [-0.25, -0.2) is 9.87 Å². The third kappa shape index (κ3) is 3.87. The van der Waals surface area contributed by atoms with Crippen LogP contribution in [0.1, 0.15) is 21.7 Å². The fraction of sp³-hybridized carbons (Fsp3) is 0.0667. The zero-order valence-corrected chi connectivity index (χ0v) is 11.0. The number of nitrogens with one attached hydrogen (secondary N) is 2. The smallest absolute Gasteiger partial charge is 0.303 e. The molecule has 108 valence electrons. The Morgan fingerprint density at radius 1 is 1.19 bits per heavy atom. The molecule has 5 nitrogen and oxygen atoms in total. The summed E-state index contributed by atoms with van der Waals surface area (Å²) >= 11 is 0. The first-order valence-electron chi connectivity index (χ1n) is 6.18. The molecule has 2 aromatic rings. The Kier molecular flexibility index (Phi) is 4.63. The van der Waals surface area contributed by atoms with Crippen LogP contribution in [-0.4, -0.2) is 21.9 Å². The van der Waals surface area contributed by atoms with E-state index in [1.54, 1.807) is 0 Å². The molecule has 0 radical (unpaired) electrons. The lowest BCUT2D eigenvalue weighted by atomic mass is 10.1. The largest absolute Gasteiger partial charge is 0.353 e. The molecule has 2 rings (SSSR count). The summed E-state index contributed by atoms with van der Waals surface area (Å²) in [6.07, 6.45) is 1.12. The second-order valence-electron chi connectivity index (χ2n) is 4.35. The van der Waals surface area contributed by atoms with Crippen molar-refractivity contribution in [3.8, 4) is 0 Å². The summed E-state index contributed by atoms with van der Waals surface area (Å²) in [5, 5.41) is 8.30. The topological polar surface area (TPSA) is 82.2 Å². The summed E-state index contributed by atoms with van der Waals surface area (Å²) in [6, 6.07) is 12.2. The van der Waals surface area contributed by atoms with Crippen molar-refractivity contribution in [2.75, 3.05) is 0 Å². The lowest BCUT2D eigenvalue weighted by Crippen LogP contribution is -2.18. The van der Waals surface area contributed by atoms with Gasteiger partial charge in [-0.1, -0.05) is 30.3 Å². The standard InChI is InChI=1S/C15H13FN2O3/c16-12(15(20)18-21)9-11-6-7-13(17-11)14(19)8-10-4-2-1-3-5-10/h1-7,9,17,21H,8H2,(H,18,20)/b12-9-. The van der Waals surface area contributed by atoms with Gasteiger partial charge in [-0.05, 0) is 17.7 Å². The maximum absolute atomic E-state index is 13.2. The van der Waals surface area contributed by atoms with E-state index in [2.05, 4.69) is 4.98 Å². The van der Waals surface area contributed by atoms with Gasteiger partial charge in [0.1, 0.15) is 0 Å². The first-order chi connectivity index (χ1) is 10.1. The van der Waals surface area contributed by atoms with Gasteiger partial charge in [-0.15, -0.1) is 0 Å². The third-order valence-electron chi connectivity index (χ3n) is 2.82. The molecule has 0 saturated carbocycles. The highest BCUT2D eigenvalue weighted by molar-refractivity contribution is 5.97. The Labute approximate surface area is 120 Å². The second-order valence-corrected chi connectivity index (χ2v) is 4.35. The molecule has 0 atom stereocenters. The van der Waals surface area contributed by atoms with Crippen LogP contribution in [0.3, 0.4) is 0 Å². The number of H-pyrrole nitrogens is 1. The van der Waals surface area contributed by atoms with Crippen LogP contribution in [0, 0.1) is 0 Å². The van der Waals surface area contributed by atoms with Gasteiger partial charge in [0.25, 0.3) is 0 Å². The number of halogens is 1. The van der Waals surface area contributed by atoms with Gasteiger partial charge < -0.3 is 4.98 Å². The number of carbonyl (C=O) groups is 2. The molecule has 0 aliphatic rings. The van der Waals surface area contributed by atoms with Crippen LogP contribution in [0.4, 0.5) is 4.39 Å². The third-order valence-corrected chi connectivity index (χ3v) is 2.82. The summed E-state index contributed by atoms with van der Waals surface area (Å²) in [5.41, 5.74) is 2.64. The van der Waals surface area contributed by atoms with Crippen LogP contribution in [0.25, 0.3) is 6.08 Å². The number of amides is 1. The van der Waals surface area contributed by atoms with Gasteiger partial charge in [0, 0.05) is 18.2 Å². The SMILES string of the molecule is O=C(NO)/C(F)=C/c1ccc(C(=O)Cc2ccccc2)[nH]1. The van der Waals surface area contributed by atoms with Crippen LogP contribution in [0.5, 0.6) is 0 Å². The Bertz CT molecular complexity index is 677. The number of hydroxylamine groups is 1. The minimum absolute atomic E-state index is 0.145. The van der Waals surface area contributed by atoms with Gasteiger partial charge in [-0.2, -0.15) is 0 Å². The molecule has 3 N–H and O–H groups in total. The first kappa shape index (κ1) is 14.7. The molecule has 1 amide bonds. The monoisotopic (exact) mass is 288 g/mol. The number of hydrogen-bond acceptors (Lipinski definition) is 3. The number of aromatic amines is 1. The van der Waals surface area contributed by atoms with E-state index in [4.69, 9.17) is 5.21 Å². The van der Waals surface area contributed by atoms with E-state index in [0.29, 0.717) is 5.69 Å². The molecule has 0 unspecified atom stereocenters. The normalized spacial score (nSPS) is 11.2. The van der Waals surface area contributed by atoms with Gasteiger partial charge >= 0.3 is 5.91 Å². The van der Waals surface area contributed by atoms with Crippen molar-refractivity contribution in [3.63, 3.8) is 0 Å². The number of aromatic nitrogens is 1. The van der Waals surface area contributed by atoms with Crippen molar-refractivity contribution in [1.29, 1.82) is 0 Å². The van der Waals surface area contributed by atoms with E-state index in [-0.39, 0.29) is 17.9 Å². The van der Waals surface area contributed by atoms with Gasteiger partial charge in [0.2, 0.25) is 0 Å². The number of rotatable bonds is 5. The van der Waals surface area contributed by atoms with Crippen molar-refractivity contribution in [3.05, 3.63) is 65.2 Å². The van der Waals surface area contributed by atoms with E-state index in [0.717, 1.165) is 11.6 Å². The molecule has 0 aliphatic carbocycles. The highest BCUT2D eigenvalue weighted by Crippen LogP contribution is 2.11. The molecule has 1 heterocycles. The molecule has 0 aliphatic heterocycles. The Morgan fingerprint density at radius 3 is 2.57 bits per heavy atom. The Morgan fingerprint density at radius 2 is 1.90 bits per heavy atom. The molecule has 0 fully saturated rings. The molecule has 6 heteroatoms. The van der Waals surface area contributed by atoms with Crippen molar-refractivity contribution in [1.82, 2.24) is 10.5 Å². The minimum atomic E-state index is -1.25. The summed E-state index contributed by atoms with van der Waals surface area (Å²) in [4.78, 5) is 25.6. The molecule has 0 spiro atoms. The van der Waals surface area contributed by atoms with E-state index >= 15 is 0 Å². The summed E-state index contributed by atoms with van der Waals surface area (Å²) in [7, 11) is 0. The van der Waals surface area contributed by atoms with Gasteiger partial charge in [0.05, 0.1) is 5.69 Å².